The van der Waals surface area contributed by atoms with Crippen molar-refractivity contribution in [1.82, 2.24) is 5.32 Å². The molecule has 26 heavy (non-hydrogen) atoms. The maximum absolute atomic E-state index is 12.6. The molecule has 5 nitrogen and oxygen atoms in total. The van der Waals surface area contributed by atoms with Gasteiger partial charge in [0.2, 0.25) is 5.91 Å². The van der Waals surface area contributed by atoms with Crippen molar-refractivity contribution in [2.24, 2.45) is 11.3 Å². The topological polar surface area (TPSA) is 67.8 Å². The summed E-state index contributed by atoms with van der Waals surface area (Å²) in [6, 6.07) is 6.14. The summed E-state index contributed by atoms with van der Waals surface area (Å²) < 4.78 is 10.7. The first kappa shape index (κ1) is 20.7. The molecule has 5 heteroatoms. The maximum Gasteiger partial charge on any atom is 0.220 e. The van der Waals surface area contributed by atoms with Crippen LogP contribution in [0.4, 0.5) is 0 Å². The second kappa shape index (κ2) is 9.38. The molecule has 0 aliphatic carbocycles. The van der Waals surface area contributed by atoms with E-state index in [1.54, 1.807) is 7.11 Å². The van der Waals surface area contributed by atoms with Crippen LogP contribution in [0.25, 0.3) is 0 Å². The van der Waals surface area contributed by atoms with Crippen molar-refractivity contribution < 1.29 is 19.4 Å². The number of methoxy groups -OCH3 is 1. The summed E-state index contributed by atoms with van der Waals surface area (Å²) in [5.41, 5.74) is 2.01. The van der Waals surface area contributed by atoms with Gasteiger partial charge in [-0.05, 0) is 48.8 Å². The Kier molecular flexibility index (Phi) is 7.47. The van der Waals surface area contributed by atoms with E-state index in [1.165, 1.54) is 0 Å². The van der Waals surface area contributed by atoms with Crippen molar-refractivity contribution in [1.29, 1.82) is 0 Å². The summed E-state index contributed by atoms with van der Waals surface area (Å²) in [7, 11) is 1.67. The lowest BCUT2D eigenvalue weighted by Gasteiger charge is -2.35. The van der Waals surface area contributed by atoms with Gasteiger partial charge >= 0.3 is 0 Å². The Morgan fingerprint density at radius 3 is 2.58 bits per heavy atom. The molecule has 1 aromatic carbocycles. The predicted octanol–water partition coefficient (Wildman–Crippen LogP) is 3.04. The lowest BCUT2D eigenvalue weighted by molar-refractivity contribution is -0.123. The fourth-order valence-electron chi connectivity index (χ4n) is 3.62. The van der Waals surface area contributed by atoms with Gasteiger partial charge in [0.05, 0.1) is 13.7 Å². The van der Waals surface area contributed by atoms with Gasteiger partial charge in [0, 0.05) is 31.6 Å². The minimum absolute atomic E-state index is 0.0384. The molecule has 1 atom stereocenters. The summed E-state index contributed by atoms with van der Waals surface area (Å²) >= 11 is 0. The van der Waals surface area contributed by atoms with Crippen LogP contribution in [0.2, 0.25) is 0 Å². The molecule has 0 saturated carbocycles. The number of hydrogen-bond acceptors (Lipinski definition) is 4. The summed E-state index contributed by atoms with van der Waals surface area (Å²) in [6.45, 7) is 8.21. The Labute approximate surface area is 157 Å². The Balaban J connectivity index is 2.00. The quantitative estimate of drug-likeness (QED) is 0.745. The van der Waals surface area contributed by atoms with Crippen LogP contribution >= 0.6 is 0 Å². The van der Waals surface area contributed by atoms with Crippen molar-refractivity contribution in [3.05, 3.63) is 29.3 Å². The zero-order valence-electron chi connectivity index (χ0n) is 16.5. The monoisotopic (exact) mass is 363 g/mol. The first-order valence-electron chi connectivity index (χ1n) is 9.50. The lowest BCUT2D eigenvalue weighted by Crippen LogP contribution is -2.44. The Bertz CT molecular complexity index is 594. The molecule has 1 heterocycles. The van der Waals surface area contributed by atoms with Crippen LogP contribution in [0.15, 0.2) is 18.2 Å². The van der Waals surface area contributed by atoms with Crippen molar-refractivity contribution in [2.75, 3.05) is 33.5 Å². The number of nitrogens with one attached hydrogen (secondary N) is 1. The number of ether oxygens (including phenoxy) is 2. The molecular weight excluding hydrogens is 330 g/mol. The Morgan fingerprint density at radius 1 is 1.35 bits per heavy atom. The first-order chi connectivity index (χ1) is 12.4. The average molecular weight is 363 g/mol. The fraction of sp³-hybridized carbons (Fsp3) is 0.667. The van der Waals surface area contributed by atoms with Gasteiger partial charge < -0.3 is 19.9 Å². The van der Waals surface area contributed by atoms with Crippen LogP contribution in [0.3, 0.4) is 0 Å². The third-order valence-corrected chi connectivity index (χ3v) is 5.61. The molecule has 2 N–H and O–H groups in total. The summed E-state index contributed by atoms with van der Waals surface area (Å²) in [6.07, 6.45) is 2.02. The Morgan fingerprint density at radius 2 is 2.04 bits per heavy atom. The van der Waals surface area contributed by atoms with Crippen LogP contribution in [0.5, 0.6) is 5.75 Å². The molecule has 1 aromatic rings. The average Bonchev–Trinajstić information content (AvgIpc) is 2.65. The van der Waals surface area contributed by atoms with Crippen molar-refractivity contribution in [2.45, 2.75) is 46.0 Å². The zero-order valence-corrected chi connectivity index (χ0v) is 16.5. The molecule has 2 rings (SSSR count). The van der Waals surface area contributed by atoms with Crippen molar-refractivity contribution in [3.63, 3.8) is 0 Å². The predicted molar refractivity (Wildman–Crippen MR) is 103 cm³/mol. The highest BCUT2D eigenvalue weighted by Gasteiger charge is 2.32. The fourth-order valence-corrected chi connectivity index (χ4v) is 3.62. The van der Waals surface area contributed by atoms with E-state index < -0.39 is 0 Å². The van der Waals surface area contributed by atoms with E-state index in [1.807, 2.05) is 13.0 Å². The molecule has 0 spiro atoms. The minimum atomic E-state index is -0.238. The molecule has 0 radical (unpaired) electrons. The zero-order chi connectivity index (χ0) is 19.2. The van der Waals surface area contributed by atoms with Gasteiger partial charge in [-0.2, -0.15) is 0 Å². The number of aryl methyl sites for hydroxylation is 1. The molecule has 1 amide bonds. The minimum Gasteiger partial charge on any atom is -0.496 e. The van der Waals surface area contributed by atoms with Gasteiger partial charge in [-0.15, -0.1) is 0 Å². The molecule has 0 bridgehead atoms. The number of hydrogen-bond donors (Lipinski definition) is 2. The molecule has 146 valence electrons. The van der Waals surface area contributed by atoms with E-state index >= 15 is 0 Å². The van der Waals surface area contributed by atoms with E-state index in [-0.39, 0.29) is 23.8 Å². The molecular formula is C21H33NO4. The number of benzene rings is 1. The third-order valence-electron chi connectivity index (χ3n) is 5.61. The highest BCUT2D eigenvalue weighted by Crippen LogP contribution is 2.32. The van der Waals surface area contributed by atoms with Gasteiger partial charge in [0.15, 0.2) is 0 Å². The summed E-state index contributed by atoms with van der Waals surface area (Å²) in [5, 5.41) is 12.8. The number of carbonyl (C=O) groups excluding carboxylic acids is 1. The van der Waals surface area contributed by atoms with E-state index in [2.05, 4.69) is 31.3 Å². The molecule has 1 aliphatic rings. The smallest absolute Gasteiger partial charge is 0.220 e. The second-order valence-electron chi connectivity index (χ2n) is 7.83. The van der Waals surface area contributed by atoms with Crippen LogP contribution in [-0.4, -0.2) is 44.5 Å². The van der Waals surface area contributed by atoms with Crippen molar-refractivity contribution >= 4 is 5.91 Å². The normalized spacial score (nSPS) is 17.8. The van der Waals surface area contributed by atoms with E-state index in [0.29, 0.717) is 32.1 Å². The SMILES string of the molecule is COc1ccc(C(CC(=O)NCC2(CO)CCOCC2)C(C)C)cc1C. The van der Waals surface area contributed by atoms with E-state index in [9.17, 15) is 9.90 Å². The van der Waals surface area contributed by atoms with Crippen LogP contribution < -0.4 is 10.1 Å². The molecule has 0 aromatic heterocycles. The molecule has 1 fully saturated rings. The highest BCUT2D eigenvalue weighted by molar-refractivity contribution is 5.77. The number of rotatable bonds is 8. The van der Waals surface area contributed by atoms with E-state index in [0.717, 1.165) is 29.7 Å². The number of carbonyl (C=O) groups is 1. The Hall–Kier alpha value is -1.59. The maximum atomic E-state index is 12.6. The van der Waals surface area contributed by atoms with Gasteiger partial charge in [-0.1, -0.05) is 26.0 Å². The molecule has 1 saturated heterocycles. The number of aliphatic hydroxyl groups is 1. The van der Waals surface area contributed by atoms with Crippen molar-refractivity contribution in [3.8, 4) is 5.75 Å². The van der Waals surface area contributed by atoms with Gasteiger partial charge in [0.1, 0.15) is 5.75 Å². The van der Waals surface area contributed by atoms with Gasteiger partial charge in [-0.25, -0.2) is 0 Å². The number of aliphatic hydroxyl groups excluding tert-OH is 1. The number of amides is 1. The van der Waals surface area contributed by atoms with Gasteiger partial charge in [-0.3, -0.25) is 4.79 Å². The second-order valence-corrected chi connectivity index (χ2v) is 7.83. The van der Waals surface area contributed by atoms with Crippen LogP contribution in [0, 0.1) is 18.3 Å². The highest BCUT2D eigenvalue weighted by atomic mass is 16.5. The summed E-state index contributed by atoms with van der Waals surface area (Å²) in [5.74, 6) is 1.41. The van der Waals surface area contributed by atoms with Gasteiger partial charge in [0.25, 0.3) is 0 Å². The summed E-state index contributed by atoms with van der Waals surface area (Å²) in [4.78, 5) is 12.6. The van der Waals surface area contributed by atoms with E-state index in [4.69, 9.17) is 9.47 Å². The first-order valence-corrected chi connectivity index (χ1v) is 9.50. The molecule has 1 aliphatic heterocycles. The van der Waals surface area contributed by atoms with Crippen LogP contribution in [-0.2, 0) is 9.53 Å². The third kappa shape index (κ3) is 5.21. The molecule has 1 unspecified atom stereocenters. The standard InChI is InChI=1S/C21H33NO4/c1-15(2)18(17-5-6-19(25-4)16(3)11-17)12-20(24)22-13-21(14-23)7-9-26-10-8-21/h5-6,11,15,18,23H,7-10,12-14H2,1-4H3,(H,22,24). The lowest BCUT2D eigenvalue weighted by atomic mass is 9.80. The largest absolute Gasteiger partial charge is 0.496 e. The van der Waals surface area contributed by atoms with Crippen LogP contribution in [0.1, 0.15) is 50.2 Å².